The first-order valence-corrected chi connectivity index (χ1v) is 19.9. The summed E-state index contributed by atoms with van der Waals surface area (Å²) < 4.78 is 18.7. The first kappa shape index (κ1) is 41.1. The minimum absolute atomic E-state index is 0.113. The number of aliphatic hydroxyl groups excluding tert-OH is 1. The highest BCUT2D eigenvalue weighted by molar-refractivity contribution is 9.09. The predicted octanol–water partition coefficient (Wildman–Crippen LogP) is 3.59. The molecule has 3 amide bonds. The summed E-state index contributed by atoms with van der Waals surface area (Å²) in [4.78, 5) is 64.4. The van der Waals surface area contributed by atoms with E-state index in [0.717, 1.165) is 13.1 Å². The van der Waals surface area contributed by atoms with E-state index in [2.05, 4.69) is 34.0 Å². The number of esters is 1. The van der Waals surface area contributed by atoms with Crippen molar-refractivity contribution in [1.29, 1.82) is 0 Å². The monoisotopic (exact) mass is 800 g/mol. The lowest BCUT2D eigenvalue weighted by molar-refractivity contribution is -0.165. The van der Waals surface area contributed by atoms with Gasteiger partial charge in [0.05, 0.1) is 49.8 Å². The van der Waals surface area contributed by atoms with E-state index in [1.54, 1.807) is 29.0 Å². The summed E-state index contributed by atoms with van der Waals surface area (Å²) in [5.74, 6) is -3.60. The minimum Gasteiger partial charge on any atom is -0.455 e. The number of carbonyl (C=O) groups is 4. The Balaban J connectivity index is 1.51. The van der Waals surface area contributed by atoms with Crippen molar-refractivity contribution in [2.24, 2.45) is 17.8 Å². The summed E-state index contributed by atoms with van der Waals surface area (Å²) in [5, 5.41) is 10.8. The van der Waals surface area contributed by atoms with Gasteiger partial charge >= 0.3 is 5.97 Å². The molecule has 0 radical (unpaired) electrons. The second-order valence-corrected chi connectivity index (χ2v) is 16.1. The highest BCUT2D eigenvalue weighted by Gasteiger charge is 2.77. The van der Waals surface area contributed by atoms with E-state index in [9.17, 15) is 24.3 Å². The van der Waals surface area contributed by atoms with Gasteiger partial charge in [-0.05, 0) is 31.2 Å². The van der Waals surface area contributed by atoms with Crippen molar-refractivity contribution in [1.82, 2.24) is 19.6 Å². The van der Waals surface area contributed by atoms with E-state index in [0.29, 0.717) is 51.1 Å². The van der Waals surface area contributed by atoms with Gasteiger partial charge in [0.15, 0.2) is 0 Å². The molecule has 292 valence electrons. The van der Waals surface area contributed by atoms with Gasteiger partial charge in [0.1, 0.15) is 17.7 Å². The summed E-state index contributed by atoms with van der Waals surface area (Å²) in [6.45, 7) is 17.1. The molecular weight excluding hydrogens is 744 g/mol. The molecule has 10 atom stereocenters. The standard InChI is InChI=1S/C40H57BrN4O8/c1-7-10-16-31(47)42(6)27(5)34(28-14-12-11-13-15-28)52-39(50)32-33-37(48)45(30(25-46)26(4)9-3)36(40(33)24-29(41)35(32)53-40)38(49)44(17-8-2)19-18-43-20-22-51-23-21-43/h7-8,11-15,26-27,29-30,32-36,46H,1-2,9-10,16-25H2,3-6H3/t26-,27+,29?,30-,32-,33+,34-,35-,36-,40+/m0/s1. The Hall–Kier alpha value is -3.10. The Labute approximate surface area is 322 Å². The van der Waals surface area contributed by atoms with Crippen molar-refractivity contribution in [2.45, 2.75) is 87.2 Å². The third kappa shape index (κ3) is 8.15. The molecule has 5 rings (SSSR count). The van der Waals surface area contributed by atoms with Gasteiger partial charge in [-0.2, -0.15) is 0 Å². The lowest BCUT2D eigenvalue weighted by Crippen LogP contribution is -2.60. The zero-order valence-electron chi connectivity index (χ0n) is 31.6. The molecule has 12 nitrogen and oxygen atoms in total. The molecule has 4 aliphatic rings. The molecule has 2 bridgehead atoms. The van der Waals surface area contributed by atoms with Crippen LogP contribution in [0.4, 0.5) is 0 Å². The van der Waals surface area contributed by atoms with E-state index in [1.807, 2.05) is 51.1 Å². The summed E-state index contributed by atoms with van der Waals surface area (Å²) in [5.41, 5.74) is -0.628. The quantitative estimate of drug-likeness (QED) is 0.135. The largest absolute Gasteiger partial charge is 0.455 e. The SMILES string of the molecule is C=CCCC(=O)N(C)[C@H](C)[C@H](OC(=O)[C@@H]1[C@H]2O[C@@]3(CC2Br)[C@H](C(=O)N(CC=C)CCN2CCOCC2)N([C@@H](CO)[C@@H](C)CC)C(=O)[C@@H]13)c1ccccc1. The maximum absolute atomic E-state index is 15.0. The first-order chi connectivity index (χ1) is 25.4. The second kappa shape index (κ2) is 18.0. The number of alkyl halides is 1. The molecule has 0 aromatic heterocycles. The summed E-state index contributed by atoms with van der Waals surface area (Å²) in [6.07, 6.45) is 3.57. The number of allylic oxidation sites excluding steroid dienone is 1. The molecule has 1 spiro atoms. The number of hydrogen-bond donors (Lipinski definition) is 1. The Morgan fingerprint density at radius 1 is 1.15 bits per heavy atom. The molecule has 4 aliphatic heterocycles. The van der Waals surface area contributed by atoms with Crippen LogP contribution in [0.15, 0.2) is 55.6 Å². The number of hydrogen-bond acceptors (Lipinski definition) is 9. The molecule has 13 heteroatoms. The molecule has 1 N–H and O–H groups in total. The number of benzene rings is 1. The van der Waals surface area contributed by atoms with E-state index in [1.165, 1.54) is 4.90 Å². The lowest BCUT2D eigenvalue weighted by Gasteiger charge is -2.41. The van der Waals surface area contributed by atoms with Gasteiger partial charge in [-0.15, -0.1) is 13.2 Å². The molecule has 4 saturated heterocycles. The van der Waals surface area contributed by atoms with Gasteiger partial charge in [-0.25, -0.2) is 0 Å². The Morgan fingerprint density at radius 2 is 1.85 bits per heavy atom. The van der Waals surface area contributed by atoms with Crippen LogP contribution in [-0.4, -0.2) is 143 Å². The van der Waals surface area contributed by atoms with E-state index in [-0.39, 0.29) is 48.0 Å². The molecule has 1 aromatic carbocycles. The van der Waals surface area contributed by atoms with Crippen LogP contribution in [0.25, 0.3) is 0 Å². The highest BCUT2D eigenvalue weighted by atomic mass is 79.9. The third-order valence-corrected chi connectivity index (χ3v) is 12.8. The fourth-order valence-electron chi connectivity index (χ4n) is 8.62. The smallest absolute Gasteiger partial charge is 0.313 e. The highest BCUT2D eigenvalue weighted by Crippen LogP contribution is 2.61. The fourth-order valence-corrected chi connectivity index (χ4v) is 9.56. The van der Waals surface area contributed by atoms with Crippen molar-refractivity contribution in [2.75, 3.05) is 59.6 Å². The molecule has 4 heterocycles. The van der Waals surface area contributed by atoms with E-state index < -0.39 is 53.7 Å². The maximum atomic E-state index is 15.0. The number of likely N-dealkylation sites (N-methyl/N-ethyl adjacent to an activating group) is 1. The number of nitrogens with zero attached hydrogens (tertiary/aromatic N) is 4. The average molecular weight is 802 g/mol. The van der Waals surface area contributed by atoms with Gasteiger partial charge in [0.25, 0.3) is 0 Å². The number of fused-ring (bicyclic) bond motifs is 1. The predicted molar refractivity (Wildman–Crippen MR) is 204 cm³/mol. The Kier molecular flexibility index (Phi) is 14.0. The number of ether oxygens (including phenoxy) is 3. The Morgan fingerprint density at radius 3 is 2.47 bits per heavy atom. The number of rotatable bonds is 18. The number of amides is 3. The van der Waals surface area contributed by atoms with Crippen molar-refractivity contribution in [3.63, 3.8) is 0 Å². The number of carbonyl (C=O) groups excluding carboxylic acids is 4. The zero-order chi connectivity index (χ0) is 38.4. The molecule has 0 saturated carbocycles. The number of halogens is 1. The van der Waals surface area contributed by atoms with Gasteiger partial charge in [-0.3, -0.25) is 24.1 Å². The number of morpholine rings is 1. The molecule has 0 aliphatic carbocycles. The van der Waals surface area contributed by atoms with Crippen molar-refractivity contribution in [3.8, 4) is 0 Å². The fraction of sp³-hybridized carbons (Fsp3) is 0.650. The first-order valence-electron chi connectivity index (χ1n) is 19.0. The summed E-state index contributed by atoms with van der Waals surface area (Å²) >= 11 is 3.77. The van der Waals surface area contributed by atoms with Crippen LogP contribution in [0.5, 0.6) is 0 Å². The third-order valence-electron chi connectivity index (χ3n) is 11.9. The van der Waals surface area contributed by atoms with Crippen LogP contribution < -0.4 is 0 Å². The van der Waals surface area contributed by atoms with Crippen LogP contribution in [0.1, 0.15) is 58.1 Å². The van der Waals surface area contributed by atoms with Gasteiger partial charge < -0.3 is 34.0 Å². The average Bonchev–Trinajstić information content (AvgIpc) is 3.77. The van der Waals surface area contributed by atoms with Crippen LogP contribution in [-0.2, 0) is 33.4 Å². The topological polar surface area (TPSA) is 129 Å². The van der Waals surface area contributed by atoms with Crippen LogP contribution >= 0.6 is 15.9 Å². The number of aliphatic hydroxyl groups is 1. The number of likely N-dealkylation sites (tertiary alicyclic amines) is 1. The van der Waals surface area contributed by atoms with Crippen LogP contribution in [0.2, 0.25) is 0 Å². The molecule has 1 unspecified atom stereocenters. The van der Waals surface area contributed by atoms with Gasteiger partial charge in [0, 0.05) is 51.0 Å². The zero-order valence-corrected chi connectivity index (χ0v) is 33.2. The minimum atomic E-state index is -1.33. The maximum Gasteiger partial charge on any atom is 0.313 e. The lowest BCUT2D eigenvalue weighted by atomic mass is 9.70. The summed E-state index contributed by atoms with van der Waals surface area (Å²) in [6, 6.07) is 6.97. The summed E-state index contributed by atoms with van der Waals surface area (Å²) in [7, 11) is 1.69. The Bertz CT molecular complexity index is 1480. The molecular formula is C40H57BrN4O8. The van der Waals surface area contributed by atoms with E-state index >= 15 is 0 Å². The van der Waals surface area contributed by atoms with E-state index in [4.69, 9.17) is 14.2 Å². The molecule has 4 fully saturated rings. The van der Waals surface area contributed by atoms with Crippen molar-refractivity contribution < 1.29 is 38.5 Å². The van der Waals surface area contributed by atoms with Gasteiger partial charge in [-0.1, -0.05) is 78.7 Å². The molecule has 53 heavy (non-hydrogen) atoms. The van der Waals surface area contributed by atoms with Crippen molar-refractivity contribution in [3.05, 3.63) is 61.2 Å². The van der Waals surface area contributed by atoms with Gasteiger partial charge in [0.2, 0.25) is 17.7 Å². The van der Waals surface area contributed by atoms with Crippen LogP contribution in [0, 0.1) is 17.8 Å². The normalized spacial score (nSPS) is 28.8. The van der Waals surface area contributed by atoms with Crippen LogP contribution in [0.3, 0.4) is 0 Å². The molecule has 1 aromatic rings. The van der Waals surface area contributed by atoms with Crippen molar-refractivity contribution >= 4 is 39.6 Å². The second-order valence-electron chi connectivity index (χ2n) is 14.9.